The average molecular weight is 373 g/mol. The molecule has 0 radical (unpaired) electrons. The Kier molecular flexibility index (Phi) is 6.50. The van der Waals surface area contributed by atoms with E-state index in [1.54, 1.807) is 0 Å². The number of nitrogens with zero attached hydrogens (tertiary/aromatic N) is 2. The molecule has 2 fully saturated rings. The number of benzene rings is 1. The SMILES string of the molecule is C[C@H](C(=O)Nc1ccccc1)N1CCC2(CCC(=O)N(CCCO)C2)CC1. The van der Waals surface area contributed by atoms with E-state index in [2.05, 4.69) is 10.2 Å². The summed E-state index contributed by atoms with van der Waals surface area (Å²) in [6.07, 6.45) is 4.22. The van der Waals surface area contributed by atoms with Crippen LogP contribution >= 0.6 is 0 Å². The molecular formula is C21H31N3O3. The summed E-state index contributed by atoms with van der Waals surface area (Å²) in [6, 6.07) is 9.39. The van der Waals surface area contributed by atoms with Crippen LogP contribution in [-0.4, -0.2) is 65.5 Å². The van der Waals surface area contributed by atoms with Gasteiger partial charge in [-0.15, -0.1) is 0 Å². The van der Waals surface area contributed by atoms with Gasteiger partial charge in [0.2, 0.25) is 11.8 Å². The smallest absolute Gasteiger partial charge is 0.241 e. The van der Waals surface area contributed by atoms with Crippen LogP contribution in [0.2, 0.25) is 0 Å². The van der Waals surface area contributed by atoms with Crippen molar-refractivity contribution in [2.45, 2.75) is 45.1 Å². The Morgan fingerprint density at radius 2 is 1.93 bits per heavy atom. The van der Waals surface area contributed by atoms with E-state index in [1.165, 1.54) is 0 Å². The second-order valence-corrected chi connectivity index (χ2v) is 7.96. The maximum absolute atomic E-state index is 12.6. The molecule has 0 aromatic heterocycles. The van der Waals surface area contributed by atoms with Gasteiger partial charge in [-0.1, -0.05) is 18.2 Å². The molecule has 2 aliphatic heterocycles. The van der Waals surface area contributed by atoms with Crippen LogP contribution in [0.5, 0.6) is 0 Å². The van der Waals surface area contributed by atoms with E-state index in [-0.39, 0.29) is 29.9 Å². The van der Waals surface area contributed by atoms with Crippen molar-refractivity contribution in [2.24, 2.45) is 5.41 Å². The summed E-state index contributed by atoms with van der Waals surface area (Å²) in [6.45, 7) is 5.30. The number of hydrogen-bond donors (Lipinski definition) is 2. The zero-order chi connectivity index (χ0) is 19.3. The van der Waals surface area contributed by atoms with E-state index in [9.17, 15) is 9.59 Å². The van der Waals surface area contributed by atoms with Gasteiger partial charge < -0.3 is 15.3 Å². The zero-order valence-corrected chi connectivity index (χ0v) is 16.2. The van der Waals surface area contributed by atoms with Crippen LogP contribution in [-0.2, 0) is 9.59 Å². The first kappa shape index (κ1) is 19.8. The molecule has 0 aliphatic carbocycles. The van der Waals surface area contributed by atoms with Gasteiger partial charge in [-0.3, -0.25) is 14.5 Å². The number of carbonyl (C=O) groups is 2. The Labute approximate surface area is 161 Å². The molecule has 27 heavy (non-hydrogen) atoms. The molecule has 3 rings (SSSR count). The number of likely N-dealkylation sites (tertiary alicyclic amines) is 2. The number of para-hydroxylation sites is 1. The summed E-state index contributed by atoms with van der Waals surface area (Å²) in [7, 11) is 0. The van der Waals surface area contributed by atoms with Crippen molar-refractivity contribution in [1.82, 2.24) is 9.80 Å². The number of rotatable bonds is 6. The summed E-state index contributed by atoms with van der Waals surface area (Å²) in [5.41, 5.74) is 1.00. The van der Waals surface area contributed by atoms with Crippen molar-refractivity contribution in [3.63, 3.8) is 0 Å². The largest absolute Gasteiger partial charge is 0.396 e. The lowest BCUT2D eigenvalue weighted by Crippen LogP contribution is -2.54. The van der Waals surface area contributed by atoms with Crippen LogP contribution in [0.3, 0.4) is 0 Å². The van der Waals surface area contributed by atoms with E-state index < -0.39 is 0 Å². The third kappa shape index (κ3) is 4.87. The number of anilines is 1. The molecule has 0 unspecified atom stereocenters. The number of aliphatic hydroxyl groups is 1. The van der Waals surface area contributed by atoms with Gasteiger partial charge in [-0.05, 0) is 63.2 Å². The Hall–Kier alpha value is -1.92. The molecule has 2 saturated heterocycles. The fourth-order valence-corrected chi connectivity index (χ4v) is 4.30. The molecule has 1 aromatic carbocycles. The summed E-state index contributed by atoms with van der Waals surface area (Å²) in [4.78, 5) is 28.9. The maximum Gasteiger partial charge on any atom is 0.241 e. The van der Waals surface area contributed by atoms with Crippen molar-refractivity contribution in [3.8, 4) is 0 Å². The van der Waals surface area contributed by atoms with Crippen molar-refractivity contribution in [3.05, 3.63) is 30.3 Å². The normalized spacial score (nSPS) is 21.3. The molecule has 6 nitrogen and oxygen atoms in total. The van der Waals surface area contributed by atoms with E-state index in [0.29, 0.717) is 19.4 Å². The van der Waals surface area contributed by atoms with Crippen LogP contribution < -0.4 is 5.32 Å². The van der Waals surface area contributed by atoms with Gasteiger partial charge in [0.15, 0.2) is 0 Å². The molecule has 148 valence electrons. The first-order valence-corrected chi connectivity index (χ1v) is 10.0. The number of nitrogens with one attached hydrogen (secondary N) is 1. The topological polar surface area (TPSA) is 72.9 Å². The molecule has 1 atom stereocenters. The number of aliphatic hydroxyl groups excluding tert-OH is 1. The highest BCUT2D eigenvalue weighted by Gasteiger charge is 2.41. The van der Waals surface area contributed by atoms with Crippen molar-refractivity contribution in [2.75, 3.05) is 38.1 Å². The van der Waals surface area contributed by atoms with Crippen LogP contribution in [0.25, 0.3) is 0 Å². The van der Waals surface area contributed by atoms with Gasteiger partial charge in [0.05, 0.1) is 6.04 Å². The maximum atomic E-state index is 12.6. The lowest BCUT2D eigenvalue weighted by Gasteiger charge is -2.48. The minimum Gasteiger partial charge on any atom is -0.396 e. The van der Waals surface area contributed by atoms with Gasteiger partial charge >= 0.3 is 0 Å². The highest BCUT2D eigenvalue weighted by Crippen LogP contribution is 2.40. The molecule has 2 heterocycles. The number of carbonyl (C=O) groups excluding carboxylic acids is 2. The Bertz CT molecular complexity index is 641. The van der Waals surface area contributed by atoms with Crippen molar-refractivity contribution < 1.29 is 14.7 Å². The number of hydrogen-bond acceptors (Lipinski definition) is 4. The predicted molar refractivity (Wildman–Crippen MR) is 105 cm³/mol. The van der Waals surface area contributed by atoms with E-state index in [4.69, 9.17) is 5.11 Å². The fourth-order valence-electron chi connectivity index (χ4n) is 4.30. The standard InChI is InChI=1S/C21H31N3O3/c1-17(20(27)22-18-6-3-2-4-7-18)23-13-10-21(11-14-23)9-8-19(26)24(16-21)12-5-15-25/h2-4,6-7,17,25H,5,8-16H2,1H3,(H,22,27)/t17-/m1/s1. The minimum absolute atomic E-state index is 0.0283. The van der Waals surface area contributed by atoms with Crippen LogP contribution in [0.4, 0.5) is 5.69 Å². The van der Waals surface area contributed by atoms with Crippen molar-refractivity contribution in [1.29, 1.82) is 0 Å². The Morgan fingerprint density at radius 3 is 2.59 bits per heavy atom. The minimum atomic E-state index is -0.168. The Balaban J connectivity index is 1.53. The lowest BCUT2D eigenvalue weighted by atomic mass is 9.72. The summed E-state index contributed by atoms with van der Waals surface area (Å²) < 4.78 is 0. The summed E-state index contributed by atoms with van der Waals surface area (Å²) in [5, 5.41) is 12.0. The third-order valence-electron chi connectivity index (χ3n) is 6.16. The first-order valence-electron chi connectivity index (χ1n) is 10.0. The number of piperidine rings is 2. The van der Waals surface area contributed by atoms with Gasteiger partial charge in [-0.25, -0.2) is 0 Å². The predicted octanol–water partition coefficient (Wildman–Crippen LogP) is 2.10. The molecule has 2 N–H and O–H groups in total. The molecule has 2 amide bonds. The van der Waals surface area contributed by atoms with Gasteiger partial charge in [0.1, 0.15) is 0 Å². The quantitative estimate of drug-likeness (QED) is 0.801. The lowest BCUT2D eigenvalue weighted by molar-refractivity contribution is -0.139. The van der Waals surface area contributed by atoms with Gasteiger partial charge in [0, 0.05) is 31.8 Å². The molecular weight excluding hydrogens is 342 g/mol. The second-order valence-electron chi connectivity index (χ2n) is 7.96. The van der Waals surface area contributed by atoms with Crippen LogP contribution in [0, 0.1) is 5.41 Å². The molecule has 0 saturated carbocycles. The van der Waals surface area contributed by atoms with E-state index in [1.807, 2.05) is 42.2 Å². The second kappa shape index (κ2) is 8.85. The summed E-state index contributed by atoms with van der Waals surface area (Å²) in [5.74, 6) is 0.243. The van der Waals surface area contributed by atoms with Crippen molar-refractivity contribution >= 4 is 17.5 Å². The molecule has 2 aliphatic rings. The molecule has 0 bridgehead atoms. The van der Waals surface area contributed by atoms with Crippen LogP contribution in [0.1, 0.15) is 39.0 Å². The molecule has 1 spiro atoms. The first-order chi connectivity index (χ1) is 13.0. The molecule has 1 aromatic rings. The van der Waals surface area contributed by atoms with E-state index >= 15 is 0 Å². The van der Waals surface area contributed by atoms with Crippen LogP contribution in [0.15, 0.2) is 30.3 Å². The van der Waals surface area contributed by atoms with Gasteiger partial charge in [-0.2, -0.15) is 0 Å². The summed E-state index contributed by atoms with van der Waals surface area (Å²) >= 11 is 0. The highest BCUT2D eigenvalue weighted by atomic mass is 16.3. The average Bonchev–Trinajstić information content (AvgIpc) is 2.70. The van der Waals surface area contributed by atoms with E-state index in [0.717, 1.165) is 44.6 Å². The third-order valence-corrected chi connectivity index (χ3v) is 6.16. The zero-order valence-electron chi connectivity index (χ0n) is 16.2. The highest BCUT2D eigenvalue weighted by molar-refractivity contribution is 5.94. The monoisotopic (exact) mass is 373 g/mol. The molecule has 6 heteroatoms. The van der Waals surface area contributed by atoms with Gasteiger partial charge in [0.25, 0.3) is 0 Å². The fraction of sp³-hybridized carbons (Fsp3) is 0.619. The Morgan fingerprint density at radius 1 is 1.22 bits per heavy atom. The number of amides is 2.